The minimum absolute atomic E-state index is 0.0142. The van der Waals surface area contributed by atoms with E-state index in [1.807, 2.05) is 18.4 Å². The number of rotatable bonds is 5. The van der Waals surface area contributed by atoms with Gasteiger partial charge in [0.1, 0.15) is 6.10 Å². The summed E-state index contributed by atoms with van der Waals surface area (Å²) in [6.07, 6.45) is -0.824. The molecule has 0 aliphatic heterocycles. The summed E-state index contributed by atoms with van der Waals surface area (Å²) < 4.78 is 0. The van der Waals surface area contributed by atoms with Crippen LogP contribution in [0.15, 0.2) is 35.7 Å². The first kappa shape index (κ1) is 17.5. The van der Waals surface area contributed by atoms with E-state index in [9.17, 15) is 14.7 Å². The molecule has 1 heterocycles. The predicted octanol–water partition coefficient (Wildman–Crippen LogP) is 2.18. The molecule has 23 heavy (non-hydrogen) atoms. The van der Waals surface area contributed by atoms with E-state index in [1.165, 1.54) is 11.3 Å². The molecule has 122 valence electrons. The molecule has 1 aromatic heterocycles. The van der Waals surface area contributed by atoms with Gasteiger partial charge in [0.15, 0.2) is 0 Å². The van der Waals surface area contributed by atoms with E-state index < -0.39 is 17.9 Å². The van der Waals surface area contributed by atoms with E-state index in [-0.39, 0.29) is 13.1 Å². The Labute approximate surface area is 143 Å². The normalized spacial score (nSPS) is 11.8. The van der Waals surface area contributed by atoms with Gasteiger partial charge in [0.2, 0.25) is 0 Å². The summed E-state index contributed by atoms with van der Waals surface area (Å²) >= 11 is 7.39. The highest BCUT2D eigenvalue weighted by molar-refractivity contribution is 7.10. The van der Waals surface area contributed by atoms with Crippen molar-refractivity contribution in [2.75, 3.05) is 6.54 Å². The highest BCUT2D eigenvalue weighted by Crippen LogP contribution is 2.23. The molecule has 2 rings (SSSR count). The lowest BCUT2D eigenvalue weighted by molar-refractivity contribution is -0.139. The topological polar surface area (TPSA) is 78.4 Å². The van der Waals surface area contributed by atoms with Crippen LogP contribution in [0.25, 0.3) is 0 Å². The van der Waals surface area contributed by atoms with Crippen molar-refractivity contribution in [1.82, 2.24) is 10.6 Å². The van der Waals surface area contributed by atoms with Crippen LogP contribution in [0, 0.1) is 6.92 Å². The summed E-state index contributed by atoms with van der Waals surface area (Å²) in [5.74, 6) is -1.55. The largest absolute Gasteiger partial charge is 0.386 e. The van der Waals surface area contributed by atoms with Crippen LogP contribution in [0.4, 0.5) is 0 Å². The van der Waals surface area contributed by atoms with Gasteiger partial charge in [0.25, 0.3) is 0 Å². The second-order valence-corrected chi connectivity index (χ2v) is 6.32. The second kappa shape index (κ2) is 8.10. The number of aryl methyl sites for hydroxylation is 1. The molecule has 7 heteroatoms. The smallest absolute Gasteiger partial charge is 0.309 e. The van der Waals surface area contributed by atoms with Crippen molar-refractivity contribution in [2.45, 2.75) is 19.6 Å². The number of benzene rings is 1. The van der Waals surface area contributed by atoms with Crippen molar-refractivity contribution in [2.24, 2.45) is 0 Å². The fourth-order valence-electron chi connectivity index (χ4n) is 1.99. The van der Waals surface area contributed by atoms with Crippen LogP contribution in [0.1, 0.15) is 22.1 Å². The Bertz CT molecular complexity index is 702. The molecule has 0 spiro atoms. The van der Waals surface area contributed by atoms with Crippen molar-refractivity contribution in [1.29, 1.82) is 0 Å². The number of nitrogens with one attached hydrogen (secondary N) is 2. The molecular weight excluding hydrogens is 336 g/mol. The lowest BCUT2D eigenvalue weighted by Gasteiger charge is -2.12. The zero-order valence-electron chi connectivity index (χ0n) is 12.5. The Morgan fingerprint density at radius 2 is 1.91 bits per heavy atom. The summed E-state index contributed by atoms with van der Waals surface area (Å²) in [5, 5.41) is 17.3. The molecule has 1 aromatic carbocycles. The summed E-state index contributed by atoms with van der Waals surface area (Å²) in [6, 6.07) is 8.95. The fraction of sp³-hybridized carbons (Fsp3) is 0.250. The molecule has 0 unspecified atom stereocenters. The Kier molecular flexibility index (Phi) is 6.15. The number of thiophene rings is 1. The van der Waals surface area contributed by atoms with E-state index in [0.717, 1.165) is 16.0 Å². The number of halogens is 1. The third-order valence-electron chi connectivity index (χ3n) is 3.26. The summed E-state index contributed by atoms with van der Waals surface area (Å²) in [6.45, 7) is 2.03. The first-order valence-electron chi connectivity index (χ1n) is 7.00. The first-order valence-corrected chi connectivity index (χ1v) is 8.26. The molecule has 5 nitrogen and oxygen atoms in total. The maximum absolute atomic E-state index is 11.7. The second-order valence-electron chi connectivity index (χ2n) is 4.97. The van der Waals surface area contributed by atoms with Crippen LogP contribution in [-0.4, -0.2) is 23.5 Å². The Hall–Kier alpha value is -1.89. The number of amides is 2. The van der Waals surface area contributed by atoms with E-state index in [0.29, 0.717) is 5.02 Å². The number of hydrogen-bond donors (Lipinski definition) is 3. The van der Waals surface area contributed by atoms with Gasteiger partial charge in [-0.05, 0) is 35.6 Å². The molecule has 0 aliphatic carbocycles. The van der Waals surface area contributed by atoms with Crippen LogP contribution in [0.2, 0.25) is 5.02 Å². The number of carbonyl (C=O) groups excluding carboxylic acids is 2. The average molecular weight is 353 g/mol. The van der Waals surface area contributed by atoms with Crippen LogP contribution in [0.3, 0.4) is 0 Å². The molecule has 0 bridgehead atoms. The molecule has 2 amide bonds. The zero-order chi connectivity index (χ0) is 16.8. The van der Waals surface area contributed by atoms with Gasteiger partial charge >= 0.3 is 11.8 Å². The Morgan fingerprint density at radius 1 is 1.22 bits per heavy atom. The number of hydrogen-bond acceptors (Lipinski definition) is 4. The van der Waals surface area contributed by atoms with Crippen molar-refractivity contribution in [3.05, 3.63) is 56.7 Å². The molecule has 3 N–H and O–H groups in total. The van der Waals surface area contributed by atoms with Gasteiger partial charge in [-0.2, -0.15) is 0 Å². The van der Waals surface area contributed by atoms with Crippen molar-refractivity contribution < 1.29 is 14.7 Å². The van der Waals surface area contributed by atoms with Gasteiger partial charge in [-0.15, -0.1) is 11.3 Å². The zero-order valence-corrected chi connectivity index (χ0v) is 14.1. The minimum Gasteiger partial charge on any atom is -0.386 e. The standard InChI is InChI=1S/C16H17ClN2O3S/c1-10-6-7-23-14(10)13(20)9-19-16(22)15(21)18-8-11-4-2-3-5-12(11)17/h2-7,13,20H,8-9H2,1H3,(H,18,21)(H,19,22)/t13-/m0/s1. The predicted molar refractivity (Wildman–Crippen MR) is 90.3 cm³/mol. The van der Waals surface area contributed by atoms with Gasteiger partial charge in [-0.1, -0.05) is 29.8 Å². The lowest BCUT2D eigenvalue weighted by Crippen LogP contribution is -2.41. The minimum atomic E-state index is -0.824. The van der Waals surface area contributed by atoms with Gasteiger partial charge in [-0.25, -0.2) is 0 Å². The fourth-order valence-corrected chi connectivity index (χ4v) is 3.10. The molecule has 0 aliphatic rings. The van der Waals surface area contributed by atoms with E-state index in [2.05, 4.69) is 10.6 Å². The molecule has 2 aromatic rings. The summed E-state index contributed by atoms with van der Waals surface area (Å²) in [4.78, 5) is 24.3. The number of aliphatic hydroxyl groups excluding tert-OH is 1. The van der Waals surface area contributed by atoms with Crippen LogP contribution >= 0.6 is 22.9 Å². The molecule has 0 fully saturated rings. The summed E-state index contributed by atoms with van der Waals surface area (Å²) in [5.41, 5.74) is 1.68. The third-order valence-corrected chi connectivity index (χ3v) is 4.75. The SMILES string of the molecule is Cc1ccsc1[C@@H](O)CNC(=O)C(=O)NCc1ccccc1Cl. The van der Waals surface area contributed by atoms with E-state index in [4.69, 9.17) is 11.6 Å². The summed E-state index contributed by atoms with van der Waals surface area (Å²) in [7, 11) is 0. The van der Waals surface area contributed by atoms with Gasteiger partial charge in [0.05, 0.1) is 0 Å². The maximum atomic E-state index is 11.7. The average Bonchev–Trinajstić information content (AvgIpc) is 2.97. The quantitative estimate of drug-likeness (QED) is 0.722. The van der Waals surface area contributed by atoms with E-state index in [1.54, 1.807) is 24.3 Å². The van der Waals surface area contributed by atoms with Crippen molar-refractivity contribution in [3.63, 3.8) is 0 Å². The molecule has 0 saturated heterocycles. The van der Waals surface area contributed by atoms with Gasteiger partial charge < -0.3 is 15.7 Å². The lowest BCUT2D eigenvalue weighted by atomic mass is 10.2. The Balaban J connectivity index is 1.80. The Morgan fingerprint density at radius 3 is 2.57 bits per heavy atom. The van der Waals surface area contributed by atoms with Crippen LogP contribution < -0.4 is 10.6 Å². The maximum Gasteiger partial charge on any atom is 0.309 e. The third kappa shape index (κ3) is 4.79. The molecule has 0 radical (unpaired) electrons. The van der Waals surface area contributed by atoms with Crippen molar-refractivity contribution >= 4 is 34.8 Å². The van der Waals surface area contributed by atoms with Crippen LogP contribution in [0.5, 0.6) is 0 Å². The number of carbonyl (C=O) groups is 2. The van der Waals surface area contributed by atoms with Gasteiger partial charge in [-0.3, -0.25) is 9.59 Å². The first-order chi connectivity index (χ1) is 11.0. The van der Waals surface area contributed by atoms with E-state index >= 15 is 0 Å². The molecule has 0 saturated carbocycles. The van der Waals surface area contributed by atoms with Crippen LogP contribution in [-0.2, 0) is 16.1 Å². The van der Waals surface area contributed by atoms with Gasteiger partial charge in [0, 0.05) is 23.0 Å². The van der Waals surface area contributed by atoms with Crippen molar-refractivity contribution in [3.8, 4) is 0 Å². The highest BCUT2D eigenvalue weighted by Gasteiger charge is 2.17. The molecular formula is C16H17ClN2O3S. The highest BCUT2D eigenvalue weighted by atomic mass is 35.5. The monoisotopic (exact) mass is 352 g/mol. The molecule has 1 atom stereocenters. The number of aliphatic hydroxyl groups is 1.